The Morgan fingerprint density at radius 2 is 1.02 bits per heavy atom. The number of hydrogen-bond acceptors (Lipinski definition) is 14. The van der Waals surface area contributed by atoms with Gasteiger partial charge in [-0.05, 0) is 26.0 Å². The number of aryl methyl sites for hydroxylation is 2. The zero-order valence-electron chi connectivity index (χ0n) is 27.2. The van der Waals surface area contributed by atoms with E-state index in [1.54, 1.807) is 0 Å². The number of aromatic amines is 2. The first kappa shape index (κ1) is 43.5. The maximum absolute atomic E-state index is 11.4. The van der Waals surface area contributed by atoms with E-state index in [1.807, 2.05) is 26.0 Å². The SMILES string of the molecule is Cc1ccc2ccc3ccc(C)nc3c2n1.Nc1nc2c(ncn2COCCO)c(=O)[nH]1.Nc1nc2c(ncn2COCCO)c(=O)[nH]1.[I-].[I-].[Pt+2]. The molecule has 0 fully saturated rings. The molecule has 21 heteroatoms. The van der Waals surface area contributed by atoms with E-state index >= 15 is 0 Å². The van der Waals surface area contributed by atoms with Gasteiger partial charge >= 0.3 is 21.1 Å². The Balaban J connectivity index is 0.000000258. The number of nitrogens with two attached hydrogens (primary N) is 2. The predicted molar refractivity (Wildman–Crippen MR) is 178 cm³/mol. The molecule has 51 heavy (non-hydrogen) atoms. The number of nitrogens with one attached hydrogen (secondary N) is 2. The van der Waals surface area contributed by atoms with Crippen LogP contribution in [0.4, 0.5) is 11.9 Å². The predicted octanol–water partition coefficient (Wildman–Crippen LogP) is -5.26. The molecule has 274 valence electrons. The van der Waals surface area contributed by atoms with E-state index < -0.39 is 0 Å². The molecule has 0 unspecified atom stereocenters. The van der Waals surface area contributed by atoms with Crippen LogP contribution in [-0.4, -0.2) is 85.6 Å². The topological polar surface area (TPSA) is 264 Å². The van der Waals surface area contributed by atoms with Gasteiger partial charge in [0.15, 0.2) is 22.3 Å². The quantitative estimate of drug-likeness (QED) is 0.0473. The summed E-state index contributed by atoms with van der Waals surface area (Å²) < 4.78 is 13.3. The van der Waals surface area contributed by atoms with Crippen LogP contribution in [0.1, 0.15) is 11.4 Å². The normalized spacial score (nSPS) is 10.4. The van der Waals surface area contributed by atoms with Gasteiger partial charge in [0.25, 0.3) is 11.1 Å². The van der Waals surface area contributed by atoms with Crippen LogP contribution in [0.15, 0.2) is 58.6 Å². The van der Waals surface area contributed by atoms with Gasteiger partial charge in [0, 0.05) is 22.2 Å². The summed E-state index contributed by atoms with van der Waals surface area (Å²) in [4.78, 5) is 52.4. The number of aliphatic hydroxyl groups is 2. The van der Waals surface area contributed by atoms with Gasteiger partial charge in [-0.25, -0.2) is 9.97 Å². The summed E-state index contributed by atoms with van der Waals surface area (Å²) >= 11 is 0. The zero-order chi connectivity index (χ0) is 34.2. The second-order valence-electron chi connectivity index (χ2n) is 10.3. The van der Waals surface area contributed by atoms with Gasteiger partial charge in [0.2, 0.25) is 11.9 Å². The molecule has 0 saturated carbocycles. The van der Waals surface area contributed by atoms with E-state index in [-0.39, 0.29) is 143 Å². The summed E-state index contributed by atoms with van der Waals surface area (Å²) in [5, 5.41) is 19.4. The van der Waals surface area contributed by atoms with Crippen molar-refractivity contribution in [1.82, 2.24) is 49.0 Å². The first-order valence-electron chi connectivity index (χ1n) is 14.6. The smallest absolute Gasteiger partial charge is 1.00 e. The molecule has 0 amide bonds. The van der Waals surface area contributed by atoms with E-state index in [0.29, 0.717) is 11.3 Å². The number of imidazole rings is 2. The van der Waals surface area contributed by atoms with Crippen molar-refractivity contribution >= 4 is 56.0 Å². The largest absolute Gasteiger partial charge is 2.00 e. The monoisotopic (exact) mass is 1110 g/mol. The molecule has 0 spiro atoms. The maximum atomic E-state index is 11.4. The van der Waals surface area contributed by atoms with Gasteiger partial charge in [-0.2, -0.15) is 9.97 Å². The van der Waals surface area contributed by atoms with Crippen LogP contribution in [0, 0.1) is 13.8 Å². The van der Waals surface area contributed by atoms with Crippen molar-refractivity contribution in [3.8, 4) is 0 Å². The van der Waals surface area contributed by atoms with E-state index in [4.69, 9.17) is 31.2 Å². The Hall–Kier alpha value is -3.67. The Bertz CT molecular complexity index is 2150. The molecule has 6 aromatic heterocycles. The third-order valence-corrected chi connectivity index (χ3v) is 6.72. The number of aliphatic hydroxyl groups excluding tert-OH is 2. The number of H-pyrrole nitrogens is 2. The van der Waals surface area contributed by atoms with Gasteiger partial charge in [0.1, 0.15) is 13.5 Å². The third-order valence-electron chi connectivity index (χ3n) is 6.72. The second kappa shape index (κ2) is 20.4. The van der Waals surface area contributed by atoms with Crippen LogP contribution in [0.2, 0.25) is 0 Å². The standard InChI is InChI=1S/C14H12N2.2C8H11N5O3.2HI.Pt/c1-9-3-5-11-7-8-12-6-4-10(2)16-14(12)13(11)15-9;2*9-8-11-6-5(7(15)12-8)10-3-13(6)4-16-2-1-14;;;/h3-8H,1-2H3;2*3,14H,1-2,4H2,(H3,9,11,12,15);2*1H;/q;;;;;+2/p-2. The van der Waals surface area contributed by atoms with Gasteiger partial charge in [-0.1, -0.05) is 24.3 Å². The number of pyridine rings is 2. The fourth-order valence-electron chi connectivity index (χ4n) is 4.55. The van der Waals surface area contributed by atoms with Gasteiger partial charge in [-0.15, -0.1) is 0 Å². The molecule has 7 rings (SSSR count). The summed E-state index contributed by atoms with van der Waals surface area (Å²) in [6, 6.07) is 12.5. The molecule has 7 aromatic rings. The van der Waals surface area contributed by atoms with Crippen molar-refractivity contribution in [3.63, 3.8) is 0 Å². The summed E-state index contributed by atoms with van der Waals surface area (Å²) in [6.07, 6.45) is 2.87. The molecule has 0 aliphatic carbocycles. The fourth-order valence-corrected chi connectivity index (χ4v) is 4.55. The van der Waals surface area contributed by atoms with Crippen LogP contribution in [0.3, 0.4) is 0 Å². The van der Waals surface area contributed by atoms with Crippen molar-refractivity contribution in [2.75, 3.05) is 37.9 Å². The number of benzene rings is 1. The van der Waals surface area contributed by atoms with Crippen molar-refractivity contribution < 1.29 is 88.7 Å². The number of hydrogen-bond donors (Lipinski definition) is 6. The number of fused-ring (bicyclic) bond motifs is 5. The molecule has 6 heterocycles. The third kappa shape index (κ3) is 10.9. The second-order valence-corrected chi connectivity index (χ2v) is 10.3. The molecule has 0 atom stereocenters. The summed E-state index contributed by atoms with van der Waals surface area (Å²) in [5.74, 6) is 0.0582. The molecule has 0 aliphatic heterocycles. The van der Waals surface area contributed by atoms with Crippen LogP contribution in [0.25, 0.3) is 44.1 Å². The molecule has 0 aliphatic rings. The minimum absolute atomic E-state index is 0. The maximum Gasteiger partial charge on any atom is 2.00 e. The number of nitrogens with zero attached hydrogens (tertiary/aromatic N) is 8. The van der Waals surface area contributed by atoms with Crippen LogP contribution in [-0.2, 0) is 44.0 Å². The van der Waals surface area contributed by atoms with Crippen LogP contribution < -0.4 is 70.5 Å². The molecular formula is C30H34I2N12O6Pt. The minimum Gasteiger partial charge on any atom is -1.00 e. The number of rotatable bonds is 8. The van der Waals surface area contributed by atoms with E-state index in [9.17, 15) is 9.59 Å². The molecule has 1 aromatic carbocycles. The average molecular weight is 1110 g/mol. The Kier molecular flexibility index (Phi) is 17.4. The first-order valence-corrected chi connectivity index (χ1v) is 14.6. The van der Waals surface area contributed by atoms with Crippen LogP contribution in [0.5, 0.6) is 0 Å². The molecule has 18 nitrogen and oxygen atoms in total. The number of ether oxygens (including phenoxy) is 2. The average Bonchev–Trinajstić information content (AvgIpc) is 3.66. The van der Waals surface area contributed by atoms with Crippen molar-refractivity contribution in [3.05, 3.63) is 81.1 Å². The Morgan fingerprint density at radius 3 is 1.39 bits per heavy atom. The number of anilines is 2. The van der Waals surface area contributed by atoms with E-state index in [1.165, 1.54) is 21.8 Å². The van der Waals surface area contributed by atoms with Crippen molar-refractivity contribution in [1.29, 1.82) is 0 Å². The number of aromatic nitrogens is 10. The fraction of sp³-hybridized carbons (Fsp3) is 0.267. The van der Waals surface area contributed by atoms with Crippen LogP contribution >= 0.6 is 0 Å². The summed E-state index contributed by atoms with van der Waals surface area (Å²) in [5.41, 5.74) is 15.3. The van der Waals surface area contributed by atoms with Crippen molar-refractivity contribution in [2.45, 2.75) is 27.3 Å². The van der Waals surface area contributed by atoms with Crippen molar-refractivity contribution in [2.24, 2.45) is 0 Å². The molecular weight excluding hydrogens is 1070 g/mol. The number of nitrogen functional groups attached to an aromatic ring is 2. The summed E-state index contributed by atoms with van der Waals surface area (Å²) in [7, 11) is 0. The minimum atomic E-state index is -0.386. The van der Waals surface area contributed by atoms with Gasteiger partial charge < -0.3 is 79.1 Å². The molecule has 0 radical (unpaired) electrons. The Labute approximate surface area is 337 Å². The zero-order valence-corrected chi connectivity index (χ0v) is 33.8. The van der Waals surface area contributed by atoms with Gasteiger partial charge in [-0.3, -0.25) is 38.7 Å². The van der Waals surface area contributed by atoms with E-state index in [2.05, 4.69) is 64.1 Å². The summed E-state index contributed by atoms with van der Waals surface area (Å²) in [6.45, 7) is 4.62. The number of halogens is 2. The van der Waals surface area contributed by atoms with E-state index in [0.717, 1.165) is 33.2 Å². The molecule has 8 N–H and O–H groups in total. The Morgan fingerprint density at radius 1 is 0.647 bits per heavy atom. The van der Waals surface area contributed by atoms with Gasteiger partial charge in [0.05, 0.1) is 50.1 Å². The first-order chi connectivity index (χ1) is 23.2. The molecule has 0 saturated heterocycles. The molecule has 0 bridgehead atoms.